The van der Waals surface area contributed by atoms with Crippen LogP contribution in [0, 0.1) is 6.92 Å². The Hall–Kier alpha value is -4.14. The molecule has 0 aliphatic carbocycles. The first-order valence-corrected chi connectivity index (χ1v) is 9.26. The van der Waals surface area contributed by atoms with E-state index in [0.29, 0.717) is 50.9 Å². The minimum atomic E-state index is -0.325. The molecule has 0 spiro atoms. The van der Waals surface area contributed by atoms with E-state index in [2.05, 4.69) is 20.7 Å². The van der Waals surface area contributed by atoms with E-state index in [1.54, 1.807) is 54.4 Å². The Labute approximate surface area is 170 Å². The van der Waals surface area contributed by atoms with Crippen molar-refractivity contribution in [2.75, 3.05) is 17.2 Å². The summed E-state index contributed by atoms with van der Waals surface area (Å²) >= 11 is 0. The Morgan fingerprint density at radius 3 is 2.93 bits per heavy atom. The number of pyridine rings is 1. The van der Waals surface area contributed by atoms with Gasteiger partial charge in [0.25, 0.3) is 11.8 Å². The number of benzene rings is 1. The van der Waals surface area contributed by atoms with Crippen molar-refractivity contribution in [1.29, 1.82) is 0 Å². The monoisotopic (exact) mass is 403 g/mol. The molecule has 4 heterocycles. The van der Waals surface area contributed by atoms with Crippen molar-refractivity contribution < 1.29 is 18.7 Å². The van der Waals surface area contributed by atoms with Crippen LogP contribution in [-0.4, -0.2) is 33.2 Å². The van der Waals surface area contributed by atoms with E-state index in [4.69, 9.17) is 9.15 Å². The molecule has 0 atom stereocenters. The summed E-state index contributed by atoms with van der Waals surface area (Å²) in [6, 6.07) is 10.3. The summed E-state index contributed by atoms with van der Waals surface area (Å²) in [6.07, 6.45) is 1.55. The first-order valence-electron chi connectivity index (χ1n) is 9.26. The fraction of sp³-hybridized carbons (Fsp3) is 0.143. The van der Waals surface area contributed by atoms with Crippen molar-refractivity contribution in [3.05, 3.63) is 53.9 Å². The van der Waals surface area contributed by atoms with E-state index in [1.807, 2.05) is 6.92 Å². The Balaban J connectivity index is 1.56. The number of nitrogens with zero attached hydrogens (tertiary/aromatic N) is 3. The first-order chi connectivity index (χ1) is 14.5. The topological polar surface area (TPSA) is 111 Å². The second-order valence-corrected chi connectivity index (χ2v) is 6.94. The molecule has 1 aliphatic rings. The SMILES string of the molecule is Cc1nn(C)c2nc(-c3ccco3)cc(C(=O)Nc3ccc4c(c3)NC(=O)CO4)c12. The molecule has 30 heavy (non-hydrogen) atoms. The Bertz CT molecular complexity index is 1310. The fourth-order valence-electron chi connectivity index (χ4n) is 3.53. The number of hydrogen-bond donors (Lipinski definition) is 2. The van der Waals surface area contributed by atoms with Gasteiger partial charge in [0.15, 0.2) is 18.0 Å². The van der Waals surface area contributed by atoms with Gasteiger partial charge in [-0.3, -0.25) is 14.3 Å². The van der Waals surface area contributed by atoms with Gasteiger partial charge in [-0.1, -0.05) is 0 Å². The smallest absolute Gasteiger partial charge is 0.262 e. The Morgan fingerprint density at radius 2 is 2.13 bits per heavy atom. The normalized spacial score (nSPS) is 12.9. The Morgan fingerprint density at radius 1 is 1.27 bits per heavy atom. The van der Waals surface area contributed by atoms with Crippen molar-refractivity contribution in [2.24, 2.45) is 7.05 Å². The molecule has 9 heteroatoms. The zero-order chi connectivity index (χ0) is 20.8. The minimum Gasteiger partial charge on any atom is -0.482 e. The highest BCUT2D eigenvalue weighted by Crippen LogP contribution is 2.32. The summed E-state index contributed by atoms with van der Waals surface area (Å²) in [5.41, 5.74) is 3.27. The third-order valence-corrected chi connectivity index (χ3v) is 4.86. The number of nitrogens with one attached hydrogen (secondary N) is 2. The van der Waals surface area contributed by atoms with E-state index >= 15 is 0 Å². The summed E-state index contributed by atoms with van der Waals surface area (Å²) in [5.74, 6) is 0.547. The maximum atomic E-state index is 13.2. The lowest BCUT2D eigenvalue weighted by Crippen LogP contribution is -2.25. The van der Waals surface area contributed by atoms with Crippen LogP contribution in [0.4, 0.5) is 11.4 Å². The predicted octanol–water partition coefficient (Wildman–Crippen LogP) is 3.12. The average molecular weight is 403 g/mol. The van der Waals surface area contributed by atoms with E-state index in [0.717, 1.165) is 0 Å². The molecule has 1 aliphatic heterocycles. The van der Waals surface area contributed by atoms with Crippen LogP contribution in [0.25, 0.3) is 22.5 Å². The molecule has 0 fully saturated rings. The quantitative estimate of drug-likeness (QED) is 0.544. The number of hydrogen-bond acceptors (Lipinski definition) is 6. The molecule has 0 radical (unpaired) electrons. The zero-order valence-corrected chi connectivity index (χ0v) is 16.2. The van der Waals surface area contributed by atoms with Crippen LogP contribution in [0.2, 0.25) is 0 Å². The van der Waals surface area contributed by atoms with Gasteiger partial charge in [0.1, 0.15) is 11.4 Å². The maximum Gasteiger partial charge on any atom is 0.262 e. The molecule has 9 nitrogen and oxygen atoms in total. The van der Waals surface area contributed by atoms with Crippen molar-refractivity contribution in [1.82, 2.24) is 14.8 Å². The lowest BCUT2D eigenvalue weighted by molar-refractivity contribution is -0.118. The van der Waals surface area contributed by atoms with Gasteiger partial charge in [0, 0.05) is 12.7 Å². The zero-order valence-electron chi connectivity index (χ0n) is 16.2. The molecular weight excluding hydrogens is 386 g/mol. The van der Waals surface area contributed by atoms with E-state index in [1.165, 1.54) is 0 Å². The first kappa shape index (κ1) is 17.9. The van der Waals surface area contributed by atoms with E-state index in [-0.39, 0.29) is 18.4 Å². The molecule has 0 unspecified atom stereocenters. The van der Waals surface area contributed by atoms with Crippen LogP contribution in [0.15, 0.2) is 47.1 Å². The second kappa shape index (κ2) is 6.73. The molecule has 0 saturated carbocycles. The molecule has 150 valence electrons. The molecule has 0 bridgehead atoms. The van der Waals surface area contributed by atoms with Gasteiger partial charge in [-0.25, -0.2) is 4.98 Å². The fourth-order valence-corrected chi connectivity index (χ4v) is 3.53. The lowest BCUT2D eigenvalue weighted by atomic mass is 10.1. The highest BCUT2D eigenvalue weighted by Gasteiger charge is 2.21. The minimum absolute atomic E-state index is 0.0243. The number of fused-ring (bicyclic) bond motifs is 2. The molecule has 2 N–H and O–H groups in total. The van der Waals surface area contributed by atoms with E-state index in [9.17, 15) is 9.59 Å². The largest absolute Gasteiger partial charge is 0.482 e. The number of anilines is 2. The molecule has 0 saturated heterocycles. The standard InChI is InChI=1S/C21H17N5O4/c1-11-19-13(9-15(16-4-3-7-29-16)24-20(19)26(2)25-11)21(28)22-12-5-6-17-14(8-12)23-18(27)10-30-17/h3-9H,10H2,1-2H3,(H,22,28)(H,23,27). The lowest BCUT2D eigenvalue weighted by Gasteiger charge is -2.18. The van der Waals surface area contributed by atoms with Crippen LogP contribution in [0.3, 0.4) is 0 Å². The Kier molecular flexibility index (Phi) is 4.02. The van der Waals surface area contributed by atoms with Gasteiger partial charge in [0.05, 0.1) is 28.6 Å². The summed E-state index contributed by atoms with van der Waals surface area (Å²) in [6.45, 7) is 1.81. The molecule has 4 aromatic rings. The van der Waals surface area contributed by atoms with Crippen molar-refractivity contribution in [3.8, 4) is 17.2 Å². The van der Waals surface area contributed by atoms with Crippen molar-refractivity contribution in [2.45, 2.75) is 6.92 Å². The molecule has 3 aromatic heterocycles. The predicted molar refractivity (Wildman–Crippen MR) is 109 cm³/mol. The van der Waals surface area contributed by atoms with Gasteiger partial charge in [-0.2, -0.15) is 5.10 Å². The van der Waals surface area contributed by atoms with Gasteiger partial charge >= 0.3 is 0 Å². The summed E-state index contributed by atoms with van der Waals surface area (Å²) in [7, 11) is 1.78. The maximum absolute atomic E-state index is 13.2. The molecule has 5 rings (SSSR count). The van der Waals surface area contributed by atoms with Gasteiger partial charge < -0.3 is 19.8 Å². The number of aromatic nitrogens is 3. The summed E-state index contributed by atoms with van der Waals surface area (Å²) in [5, 5.41) is 10.7. The van der Waals surface area contributed by atoms with Crippen LogP contribution < -0.4 is 15.4 Å². The number of furan rings is 1. The highest BCUT2D eigenvalue weighted by molar-refractivity contribution is 6.13. The van der Waals surface area contributed by atoms with Crippen LogP contribution in [0.5, 0.6) is 5.75 Å². The number of carbonyl (C=O) groups is 2. The summed E-state index contributed by atoms with van der Waals surface area (Å²) in [4.78, 5) is 29.4. The number of rotatable bonds is 3. The third-order valence-electron chi connectivity index (χ3n) is 4.86. The van der Waals surface area contributed by atoms with Crippen LogP contribution >= 0.6 is 0 Å². The van der Waals surface area contributed by atoms with Gasteiger partial charge in [-0.05, 0) is 43.3 Å². The van der Waals surface area contributed by atoms with Crippen molar-refractivity contribution >= 4 is 34.2 Å². The van der Waals surface area contributed by atoms with Gasteiger partial charge in [0.2, 0.25) is 0 Å². The van der Waals surface area contributed by atoms with Crippen LogP contribution in [-0.2, 0) is 11.8 Å². The number of ether oxygens (including phenoxy) is 1. The van der Waals surface area contributed by atoms with Gasteiger partial charge in [-0.15, -0.1) is 0 Å². The van der Waals surface area contributed by atoms with E-state index < -0.39 is 0 Å². The molecule has 1 aromatic carbocycles. The second-order valence-electron chi connectivity index (χ2n) is 6.94. The third kappa shape index (κ3) is 2.96. The van der Waals surface area contributed by atoms with Crippen molar-refractivity contribution in [3.63, 3.8) is 0 Å². The molecular formula is C21H17N5O4. The summed E-state index contributed by atoms with van der Waals surface area (Å²) < 4.78 is 12.5. The molecule has 2 amide bonds. The van der Waals surface area contributed by atoms with Crippen LogP contribution in [0.1, 0.15) is 16.1 Å². The number of amides is 2. The number of aryl methyl sites for hydroxylation is 2. The highest BCUT2D eigenvalue weighted by atomic mass is 16.5. The number of carbonyl (C=O) groups excluding carboxylic acids is 2. The average Bonchev–Trinajstić information content (AvgIpc) is 3.36.